The van der Waals surface area contributed by atoms with E-state index in [4.69, 9.17) is 10.5 Å². The van der Waals surface area contributed by atoms with E-state index >= 15 is 0 Å². The molecule has 1 spiro atoms. The predicted octanol–water partition coefficient (Wildman–Crippen LogP) is 2.65. The van der Waals surface area contributed by atoms with Crippen molar-refractivity contribution in [1.82, 2.24) is 0 Å². The molecule has 4 atom stereocenters. The number of ether oxygens (including phenoxy) is 1. The summed E-state index contributed by atoms with van der Waals surface area (Å²) in [7, 11) is -2.72. The third-order valence-corrected chi connectivity index (χ3v) is 9.09. The van der Waals surface area contributed by atoms with Gasteiger partial charge in [-0.2, -0.15) is 0 Å². The number of amides is 2. The van der Waals surface area contributed by atoms with Gasteiger partial charge >= 0.3 is 0 Å². The number of carbonyl (C=O) groups is 2. The lowest BCUT2D eigenvalue weighted by atomic mass is 9.82. The van der Waals surface area contributed by atoms with Crippen LogP contribution in [-0.4, -0.2) is 42.7 Å². The first-order valence-corrected chi connectivity index (χ1v) is 13.7. The van der Waals surface area contributed by atoms with Crippen molar-refractivity contribution in [3.63, 3.8) is 0 Å². The zero-order valence-corrected chi connectivity index (χ0v) is 19.4. The number of hydrogen-bond donors (Lipinski definition) is 5. The number of carbonyl (C=O) groups excluding carboxylic acids is 2. The number of nitrogens with one attached hydrogen (secondary N) is 2. The number of aliphatic hydroxyl groups is 1. The van der Waals surface area contributed by atoms with Crippen molar-refractivity contribution in [1.29, 1.82) is 0 Å². The Bertz CT molecular complexity index is 1050. The van der Waals surface area contributed by atoms with Crippen LogP contribution in [0.25, 0.3) is 0 Å². The Morgan fingerprint density at radius 1 is 1.25 bits per heavy atom. The third kappa shape index (κ3) is 3.61. The highest BCUT2D eigenvalue weighted by atomic mass is 28.4. The molecule has 0 bridgehead atoms. The lowest BCUT2D eigenvalue weighted by Gasteiger charge is -2.32. The maximum Gasteiger partial charge on any atom is 0.261 e. The van der Waals surface area contributed by atoms with Gasteiger partial charge < -0.3 is 31.0 Å². The highest BCUT2D eigenvalue weighted by molar-refractivity contribution is 6.71. The monoisotopic (exact) mass is 455 g/mol. The van der Waals surface area contributed by atoms with E-state index < -0.39 is 20.0 Å². The van der Waals surface area contributed by atoms with Gasteiger partial charge in [-0.3, -0.25) is 9.59 Å². The van der Waals surface area contributed by atoms with Crippen molar-refractivity contribution in [2.45, 2.75) is 43.7 Å². The summed E-state index contributed by atoms with van der Waals surface area (Å²) in [6, 6.07) is 11.8. The summed E-state index contributed by atoms with van der Waals surface area (Å²) in [5.74, 6) is -0.891. The van der Waals surface area contributed by atoms with E-state index in [0.29, 0.717) is 34.6 Å². The number of anilines is 3. The molecule has 0 unspecified atom stereocenters. The highest BCUT2D eigenvalue weighted by Gasteiger charge is 2.64. The molecule has 2 aliphatic heterocycles. The molecular weight excluding hydrogens is 426 g/mol. The minimum atomic E-state index is -2.72. The minimum absolute atomic E-state index is 0.0966. The Morgan fingerprint density at radius 3 is 2.56 bits per heavy atom. The van der Waals surface area contributed by atoms with Gasteiger partial charge in [0.15, 0.2) is 13.9 Å². The molecule has 2 aromatic rings. The van der Waals surface area contributed by atoms with Crippen LogP contribution in [0.2, 0.25) is 18.6 Å². The van der Waals surface area contributed by atoms with E-state index in [1.54, 1.807) is 42.5 Å². The second-order valence-electron chi connectivity index (χ2n) is 9.16. The first-order chi connectivity index (χ1) is 15.1. The van der Waals surface area contributed by atoms with Gasteiger partial charge in [0.1, 0.15) is 0 Å². The average Bonchev–Trinajstić information content (AvgIpc) is 3.17. The van der Waals surface area contributed by atoms with Crippen LogP contribution in [0.3, 0.4) is 0 Å². The van der Waals surface area contributed by atoms with Crippen LogP contribution in [0.1, 0.15) is 29.3 Å². The van der Waals surface area contributed by atoms with Crippen LogP contribution in [0.5, 0.6) is 0 Å². The van der Waals surface area contributed by atoms with Crippen LogP contribution < -0.4 is 16.4 Å². The summed E-state index contributed by atoms with van der Waals surface area (Å²) in [5, 5.41) is 15.3. The van der Waals surface area contributed by atoms with Crippen LogP contribution >= 0.6 is 0 Å². The Hall–Kier alpha value is -2.72. The van der Waals surface area contributed by atoms with E-state index in [1.165, 1.54) is 0 Å². The number of nitrogens with two attached hydrogens (primary N) is 1. The van der Waals surface area contributed by atoms with Crippen molar-refractivity contribution in [2.24, 2.45) is 5.92 Å². The predicted molar refractivity (Wildman–Crippen MR) is 125 cm³/mol. The van der Waals surface area contributed by atoms with Crippen LogP contribution in [0, 0.1) is 5.92 Å². The second kappa shape index (κ2) is 8.00. The molecule has 8 nitrogen and oxygen atoms in total. The Kier molecular flexibility index (Phi) is 5.62. The Morgan fingerprint density at radius 2 is 1.94 bits per heavy atom. The number of nitrogen functional groups attached to an aromatic ring is 1. The van der Waals surface area contributed by atoms with Gasteiger partial charge in [0.2, 0.25) is 0 Å². The summed E-state index contributed by atoms with van der Waals surface area (Å²) in [5.41, 5.74) is 6.99. The quantitative estimate of drug-likeness (QED) is 0.348. The molecule has 9 heteroatoms. The van der Waals surface area contributed by atoms with Crippen molar-refractivity contribution >= 4 is 37.2 Å². The molecule has 0 aliphatic carbocycles. The molecule has 0 radical (unpaired) electrons. The summed E-state index contributed by atoms with van der Waals surface area (Å²) in [6.45, 7) is 5.48. The van der Waals surface area contributed by atoms with Gasteiger partial charge in [0.25, 0.3) is 11.8 Å². The van der Waals surface area contributed by atoms with E-state index in [9.17, 15) is 19.5 Å². The molecule has 4 rings (SSSR count). The van der Waals surface area contributed by atoms with Crippen molar-refractivity contribution in [2.75, 3.05) is 23.0 Å². The van der Waals surface area contributed by atoms with Crippen molar-refractivity contribution in [3.8, 4) is 0 Å². The smallest absolute Gasteiger partial charge is 0.261 e. The first-order valence-electron chi connectivity index (χ1n) is 10.7. The zero-order valence-electron chi connectivity index (χ0n) is 18.4. The van der Waals surface area contributed by atoms with Crippen LogP contribution in [0.4, 0.5) is 17.1 Å². The molecule has 0 saturated carbocycles. The van der Waals surface area contributed by atoms with Gasteiger partial charge in [-0.25, -0.2) is 0 Å². The molecule has 170 valence electrons. The first kappa shape index (κ1) is 22.5. The van der Waals surface area contributed by atoms with Gasteiger partial charge in [-0.1, -0.05) is 6.92 Å². The van der Waals surface area contributed by atoms with Crippen LogP contribution in [0.15, 0.2) is 42.5 Å². The summed E-state index contributed by atoms with van der Waals surface area (Å²) >= 11 is 0. The molecule has 2 amide bonds. The fourth-order valence-corrected chi connectivity index (χ4v) is 7.81. The normalized spacial score (nSPS) is 26.8. The van der Waals surface area contributed by atoms with Gasteiger partial charge in [-0.05, 0) is 62.0 Å². The molecule has 2 aliphatic rings. The Balaban J connectivity index is 1.70. The molecule has 32 heavy (non-hydrogen) atoms. The molecular formula is C23H29N3O5Si. The molecule has 0 aromatic heterocycles. The number of hydrogen-bond acceptors (Lipinski definition) is 6. The largest absolute Gasteiger partial charge is 0.432 e. The van der Waals surface area contributed by atoms with Gasteiger partial charge in [0, 0.05) is 46.3 Å². The lowest BCUT2D eigenvalue weighted by molar-refractivity contribution is -0.143. The highest BCUT2D eigenvalue weighted by Crippen LogP contribution is 2.58. The third-order valence-electron chi connectivity index (χ3n) is 6.58. The van der Waals surface area contributed by atoms with Crippen molar-refractivity contribution < 1.29 is 24.2 Å². The SMILES string of the molecule is C[C@@H]1[C@@H]([Si](C)(C)O)[C@H](CCO)O[C@@]12C(=O)Nc1ccc(NC(=O)c3ccc(N)cc3)cc12. The van der Waals surface area contributed by atoms with Gasteiger partial charge in [0.05, 0.1) is 6.10 Å². The van der Waals surface area contributed by atoms with E-state index in [0.717, 1.165) is 0 Å². The van der Waals surface area contributed by atoms with Crippen molar-refractivity contribution in [3.05, 3.63) is 53.6 Å². The number of fused-ring (bicyclic) bond motifs is 2. The lowest BCUT2D eigenvalue weighted by Crippen LogP contribution is -2.43. The van der Waals surface area contributed by atoms with E-state index in [-0.39, 0.29) is 29.9 Å². The fourth-order valence-electron chi connectivity index (χ4n) is 5.21. The van der Waals surface area contributed by atoms with Crippen LogP contribution in [-0.2, 0) is 15.1 Å². The molecule has 1 saturated heterocycles. The summed E-state index contributed by atoms with van der Waals surface area (Å²) < 4.78 is 6.37. The number of benzene rings is 2. The minimum Gasteiger partial charge on any atom is -0.432 e. The zero-order chi connectivity index (χ0) is 23.3. The maximum absolute atomic E-state index is 13.2. The molecule has 2 aromatic carbocycles. The van der Waals surface area contributed by atoms with E-state index in [2.05, 4.69) is 10.6 Å². The summed E-state index contributed by atoms with van der Waals surface area (Å²) in [4.78, 5) is 36.8. The fraction of sp³-hybridized carbons (Fsp3) is 0.391. The average molecular weight is 456 g/mol. The summed E-state index contributed by atoms with van der Waals surface area (Å²) in [6.07, 6.45) is -0.101. The topological polar surface area (TPSA) is 134 Å². The molecule has 2 heterocycles. The number of aliphatic hydroxyl groups excluding tert-OH is 1. The maximum atomic E-state index is 13.2. The molecule has 6 N–H and O–H groups in total. The Labute approximate surface area is 187 Å². The standard InChI is InChI=1S/C23H29N3O5Si/c1-13-20(32(2,3)30)19(10-11-27)31-23(13)17-12-16(8-9-18(17)26-22(23)29)25-21(28)14-4-6-15(24)7-5-14/h4-9,12-13,19-20,27,30H,10-11,24H2,1-3H3,(H,25,28)(H,26,29)/t13-,19+,20-,23+/m1/s1. The second-order valence-corrected chi connectivity index (χ2v) is 13.1. The van der Waals surface area contributed by atoms with E-state index in [1.807, 2.05) is 20.0 Å². The van der Waals surface area contributed by atoms with Gasteiger partial charge in [-0.15, -0.1) is 0 Å². The molecule has 1 fully saturated rings. The number of rotatable bonds is 5.